The summed E-state index contributed by atoms with van der Waals surface area (Å²) in [4.78, 5) is 11.8. The highest BCUT2D eigenvalue weighted by atomic mass is 16.1. The zero-order chi connectivity index (χ0) is 11.9. The molecule has 0 spiro atoms. The summed E-state index contributed by atoms with van der Waals surface area (Å²) >= 11 is 0. The van der Waals surface area contributed by atoms with E-state index in [1.54, 1.807) is 0 Å². The van der Waals surface area contributed by atoms with E-state index in [1.165, 1.54) is 0 Å². The van der Waals surface area contributed by atoms with Crippen molar-refractivity contribution >= 4 is 11.5 Å². The first-order valence-corrected chi connectivity index (χ1v) is 5.73. The maximum Gasteiger partial charge on any atom is 0.164 e. The molecular weight excluding hydrogens is 210 g/mol. The van der Waals surface area contributed by atoms with Gasteiger partial charge in [0.15, 0.2) is 5.78 Å². The maximum absolute atomic E-state index is 11.8. The highest BCUT2D eigenvalue weighted by Crippen LogP contribution is 2.06. The Hall–Kier alpha value is -2.09. The molecule has 0 aliphatic rings. The Bertz CT molecular complexity index is 465. The zero-order valence-electron chi connectivity index (χ0n) is 9.60. The van der Waals surface area contributed by atoms with Crippen LogP contribution in [0.1, 0.15) is 16.8 Å². The lowest BCUT2D eigenvalue weighted by Gasteiger charge is -2.05. The number of carbonyl (C=O) groups excluding carboxylic acids is 1. The van der Waals surface area contributed by atoms with E-state index in [0.29, 0.717) is 13.0 Å². The Balaban J connectivity index is 1.82. The molecule has 2 aromatic rings. The van der Waals surface area contributed by atoms with Crippen LogP contribution in [0.5, 0.6) is 0 Å². The van der Waals surface area contributed by atoms with Gasteiger partial charge in [-0.3, -0.25) is 4.79 Å². The van der Waals surface area contributed by atoms with Gasteiger partial charge in [0, 0.05) is 24.2 Å². The lowest BCUT2D eigenvalue weighted by Crippen LogP contribution is -2.08. The molecule has 0 saturated carbocycles. The third-order valence-electron chi connectivity index (χ3n) is 2.55. The van der Waals surface area contributed by atoms with Crippen LogP contribution in [0.3, 0.4) is 0 Å². The third kappa shape index (κ3) is 3.45. The molecule has 0 bridgehead atoms. The van der Waals surface area contributed by atoms with Gasteiger partial charge in [-0.15, -0.1) is 0 Å². The fourth-order valence-corrected chi connectivity index (χ4v) is 1.64. The molecule has 2 nitrogen and oxygen atoms in total. The van der Waals surface area contributed by atoms with Gasteiger partial charge in [0.25, 0.3) is 0 Å². The van der Waals surface area contributed by atoms with Gasteiger partial charge in [-0.05, 0) is 12.1 Å². The van der Waals surface area contributed by atoms with Crippen molar-refractivity contribution in [2.24, 2.45) is 0 Å². The molecule has 86 valence electrons. The van der Waals surface area contributed by atoms with Gasteiger partial charge in [-0.25, -0.2) is 0 Å². The molecule has 0 aliphatic heterocycles. The van der Waals surface area contributed by atoms with E-state index in [2.05, 4.69) is 5.32 Å². The van der Waals surface area contributed by atoms with E-state index < -0.39 is 0 Å². The second-order valence-electron chi connectivity index (χ2n) is 3.83. The van der Waals surface area contributed by atoms with Crippen LogP contribution >= 0.6 is 0 Å². The first kappa shape index (κ1) is 11.4. The number of benzene rings is 2. The molecule has 0 radical (unpaired) electrons. The minimum atomic E-state index is 0.175. The van der Waals surface area contributed by atoms with Crippen molar-refractivity contribution in [1.82, 2.24) is 0 Å². The van der Waals surface area contributed by atoms with E-state index >= 15 is 0 Å². The van der Waals surface area contributed by atoms with Gasteiger partial charge in [-0.1, -0.05) is 48.5 Å². The van der Waals surface area contributed by atoms with E-state index in [1.807, 2.05) is 60.7 Å². The van der Waals surface area contributed by atoms with Crippen LogP contribution in [-0.4, -0.2) is 12.3 Å². The predicted octanol–water partition coefficient (Wildman–Crippen LogP) is 3.37. The fourth-order valence-electron chi connectivity index (χ4n) is 1.64. The van der Waals surface area contributed by atoms with Crippen molar-refractivity contribution in [1.29, 1.82) is 0 Å². The Morgan fingerprint density at radius 3 is 2.12 bits per heavy atom. The van der Waals surface area contributed by atoms with Gasteiger partial charge in [-0.2, -0.15) is 0 Å². The van der Waals surface area contributed by atoms with E-state index in [4.69, 9.17) is 0 Å². The van der Waals surface area contributed by atoms with Crippen molar-refractivity contribution in [2.45, 2.75) is 6.42 Å². The highest BCUT2D eigenvalue weighted by molar-refractivity contribution is 5.96. The molecular formula is C15H15NO. The molecule has 1 N–H and O–H groups in total. The monoisotopic (exact) mass is 225 g/mol. The summed E-state index contributed by atoms with van der Waals surface area (Å²) in [6.07, 6.45) is 0.513. The summed E-state index contributed by atoms with van der Waals surface area (Å²) in [5.41, 5.74) is 1.83. The van der Waals surface area contributed by atoms with Gasteiger partial charge in [0.1, 0.15) is 0 Å². The highest BCUT2D eigenvalue weighted by Gasteiger charge is 2.03. The van der Waals surface area contributed by atoms with Crippen LogP contribution in [0.25, 0.3) is 0 Å². The van der Waals surface area contributed by atoms with Crippen LogP contribution in [0.4, 0.5) is 5.69 Å². The molecule has 0 amide bonds. The van der Waals surface area contributed by atoms with Crippen LogP contribution in [-0.2, 0) is 0 Å². The smallest absolute Gasteiger partial charge is 0.164 e. The average Bonchev–Trinajstić information content (AvgIpc) is 2.41. The number of para-hydroxylation sites is 1. The molecule has 2 aromatic carbocycles. The SMILES string of the molecule is O=C(CCNc1ccccc1)c1ccccc1. The quantitative estimate of drug-likeness (QED) is 0.790. The lowest BCUT2D eigenvalue weighted by molar-refractivity contribution is 0.0986. The van der Waals surface area contributed by atoms with Crippen molar-refractivity contribution < 1.29 is 4.79 Å². The van der Waals surface area contributed by atoms with Crippen LogP contribution in [0, 0.1) is 0 Å². The number of rotatable bonds is 5. The number of anilines is 1. The molecule has 0 aromatic heterocycles. The lowest BCUT2D eigenvalue weighted by atomic mass is 10.1. The summed E-state index contributed by atoms with van der Waals surface area (Å²) in [6.45, 7) is 0.664. The van der Waals surface area contributed by atoms with E-state index in [0.717, 1.165) is 11.3 Å². The molecule has 0 saturated heterocycles. The number of hydrogen-bond acceptors (Lipinski definition) is 2. The standard InChI is InChI=1S/C15H15NO/c17-15(13-7-3-1-4-8-13)11-12-16-14-9-5-2-6-10-14/h1-10,16H,11-12H2. The molecule has 2 rings (SSSR count). The molecule has 0 atom stereocenters. The molecule has 0 unspecified atom stereocenters. The Morgan fingerprint density at radius 2 is 1.47 bits per heavy atom. The fraction of sp³-hybridized carbons (Fsp3) is 0.133. The van der Waals surface area contributed by atoms with Crippen LogP contribution in [0.15, 0.2) is 60.7 Å². The Kier molecular flexibility index (Phi) is 3.92. The minimum absolute atomic E-state index is 0.175. The summed E-state index contributed by atoms with van der Waals surface area (Å²) in [7, 11) is 0. The largest absolute Gasteiger partial charge is 0.385 e. The van der Waals surface area contributed by atoms with Crippen molar-refractivity contribution in [3.05, 3.63) is 66.2 Å². The third-order valence-corrected chi connectivity index (χ3v) is 2.55. The van der Waals surface area contributed by atoms with Crippen molar-refractivity contribution in [3.63, 3.8) is 0 Å². The predicted molar refractivity (Wildman–Crippen MR) is 70.3 cm³/mol. The Labute approximate surface area is 101 Å². The van der Waals surface area contributed by atoms with Gasteiger partial charge < -0.3 is 5.32 Å². The molecule has 17 heavy (non-hydrogen) atoms. The summed E-state index contributed by atoms with van der Waals surface area (Å²) in [6, 6.07) is 19.3. The number of nitrogens with one attached hydrogen (secondary N) is 1. The minimum Gasteiger partial charge on any atom is -0.385 e. The summed E-state index contributed by atoms with van der Waals surface area (Å²) in [5, 5.41) is 3.22. The topological polar surface area (TPSA) is 29.1 Å². The molecule has 0 aliphatic carbocycles. The number of hydrogen-bond donors (Lipinski definition) is 1. The summed E-state index contributed by atoms with van der Waals surface area (Å²) < 4.78 is 0. The average molecular weight is 225 g/mol. The first-order valence-electron chi connectivity index (χ1n) is 5.73. The van der Waals surface area contributed by atoms with Gasteiger partial charge >= 0.3 is 0 Å². The normalized spacial score (nSPS) is 9.88. The van der Waals surface area contributed by atoms with Crippen molar-refractivity contribution in [2.75, 3.05) is 11.9 Å². The number of ketones is 1. The summed E-state index contributed by atoms with van der Waals surface area (Å²) in [5.74, 6) is 0.175. The van der Waals surface area contributed by atoms with Crippen molar-refractivity contribution in [3.8, 4) is 0 Å². The van der Waals surface area contributed by atoms with E-state index in [9.17, 15) is 4.79 Å². The zero-order valence-corrected chi connectivity index (χ0v) is 9.60. The Morgan fingerprint density at radius 1 is 0.882 bits per heavy atom. The van der Waals surface area contributed by atoms with Crippen LogP contribution < -0.4 is 5.32 Å². The first-order chi connectivity index (χ1) is 8.36. The number of carbonyl (C=O) groups is 1. The van der Waals surface area contributed by atoms with Crippen LogP contribution in [0.2, 0.25) is 0 Å². The van der Waals surface area contributed by atoms with Gasteiger partial charge in [0.05, 0.1) is 0 Å². The second-order valence-corrected chi connectivity index (χ2v) is 3.83. The molecule has 0 heterocycles. The second kappa shape index (κ2) is 5.85. The number of Topliss-reactive ketones (excluding diaryl/α,β-unsaturated/α-hetero) is 1. The van der Waals surface area contributed by atoms with Gasteiger partial charge in [0.2, 0.25) is 0 Å². The van der Waals surface area contributed by atoms with E-state index in [-0.39, 0.29) is 5.78 Å². The molecule has 2 heteroatoms. The maximum atomic E-state index is 11.8. The molecule has 0 fully saturated rings.